The lowest BCUT2D eigenvalue weighted by atomic mass is 10.3. The first-order valence-electron chi connectivity index (χ1n) is 5.94. The maximum absolute atomic E-state index is 10.7. The van der Waals surface area contributed by atoms with Crippen molar-refractivity contribution in [1.29, 1.82) is 0 Å². The summed E-state index contributed by atoms with van der Waals surface area (Å²) in [6.45, 7) is 0.827. The molecule has 1 heterocycles. The number of thiazole rings is 1. The fourth-order valence-corrected chi connectivity index (χ4v) is 3.30. The third-order valence-electron chi connectivity index (χ3n) is 2.34. The fraction of sp³-hybridized carbons (Fsp3) is 0.545. The van der Waals surface area contributed by atoms with Crippen LogP contribution in [-0.2, 0) is 12.3 Å². The molecule has 1 rings (SSSR count). The largest absolute Gasteiger partial charge is 0.380 e. The van der Waals surface area contributed by atoms with E-state index >= 15 is 0 Å². The van der Waals surface area contributed by atoms with Crippen molar-refractivity contribution in [2.24, 2.45) is 11.5 Å². The number of nitro groups is 1. The van der Waals surface area contributed by atoms with E-state index in [2.05, 4.69) is 9.88 Å². The van der Waals surface area contributed by atoms with Crippen LogP contribution in [0.5, 0.6) is 0 Å². The first-order chi connectivity index (χ1) is 9.40. The number of thioether (sulfide) groups is 1. The predicted molar refractivity (Wildman–Crippen MR) is 82.7 cm³/mol. The van der Waals surface area contributed by atoms with Crippen molar-refractivity contribution in [2.75, 3.05) is 19.8 Å². The van der Waals surface area contributed by atoms with Gasteiger partial charge in [-0.3, -0.25) is 10.1 Å². The van der Waals surface area contributed by atoms with E-state index < -0.39 is 4.92 Å². The molecular weight excluding hydrogens is 298 g/mol. The van der Waals surface area contributed by atoms with Gasteiger partial charge in [-0.2, -0.15) is 11.8 Å². The molecule has 0 aliphatic carbocycles. The molecule has 20 heavy (non-hydrogen) atoms. The van der Waals surface area contributed by atoms with Crippen LogP contribution in [0, 0.1) is 10.1 Å². The fourth-order valence-electron chi connectivity index (χ4n) is 1.44. The van der Waals surface area contributed by atoms with Crippen molar-refractivity contribution < 1.29 is 4.92 Å². The van der Waals surface area contributed by atoms with Crippen LogP contribution < -0.4 is 11.5 Å². The zero-order valence-electron chi connectivity index (χ0n) is 11.5. The van der Waals surface area contributed by atoms with Gasteiger partial charge in [0.15, 0.2) is 5.82 Å². The minimum Gasteiger partial charge on any atom is -0.380 e. The van der Waals surface area contributed by atoms with Gasteiger partial charge in [0, 0.05) is 23.4 Å². The van der Waals surface area contributed by atoms with Gasteiger partial charge in [0.1, 0.15) is 5.01 Å². The van der Waals surface area contributed by atoms with Gasteiger partial charge in [-0.05, 0) is 14.1 Å². The van der Waals surface area contributed by atoms with Crippen molar-refractivity contribution in [3.8, 4) is 0 Å². The molecule has 1 aromatic heterocycles. The van der Waals surface area contributed by atoms with E-state index in [9.17, 15) is 10.1 Å². The smallest absolute Gasteiger partial charge is 0.286 e. The molecule has 0 spiro atoms. The molecule has 0 amide bonds. The molecule has 0 aromatic carbocycles. The van der Waals surface area contributed by atoms with Gasteiger partial charge in [-0.1, -0.05) is 0 Å². The summed E-state index contributed by atoms with van der Waals surface area (Å²) in [5, 5.41) is 13.8. The average molecular weight is 317 g/mol. The Bertz CT molecular complexity index is 483. The van der Waals surface area contributed by atoms with Crippen LogP contribution in [0.15, 0.2) is 16.9 Å². The summed E-state index contributed by atoms with van der Waals surface area (Å²) < 4.78 is 0. The second-order valence-electron chi connectivity index (χ2n) is 4.43. The second kappa shape index (κ2) is 8.08. The molecule has 0 aliphatic heterocycles. The topological polar surface area (TPSA) is 111 Å². The molecule has 0 fully saturated rings. The van der Waals surface area contributed by atoms with Gasteiger partial charge in [-0.15, -0.1) is 11.3 Å². The Morgan fingerprint density at radius 1 is 1.55 bits per heavy atom. The Morgan fingerprint density at radius 2 is 2.25 bits per heavy atom. The first kappa shape index (κ1) is 16.7. The molecule has 112 valence electrons. The number of aromatic nitrogens is 1. The zero-order chi connectivity index (χ0) is 15.1. The maximum Gasteiger partial charge on any atom is 0.286 e. The highest BCUT2D eigenvalue weighted by Crippen LogP contribution is 2.18. The molecule has 0 saturated heterocycles. The normalized spacial score (nSPS) is 10.8. The Hall–Kier alpha value is -1.32. The number of allylic oxidation sites excluding steroid dienone is 1. The summed E-state index contributed by atoms with van der Waals surface area (Å²) >= 11 is 3.21. The molecule has 0 radical (unpaired) electrons. The van der Waals surface area contributed by atoms with E-state index in [4.69, 9.17) is 11.5 Å². The lowest BCUT2D eigenvalue weighted by Gasteiger charge is -2.05. The average Bonchev–Trinajstić information content (AvgIpc) is 2.74. The van der Waals surface area contributed by atoms with Gasteiger partial charge >= 0.3 is 0 Å². The Kier molecular flexibility index (Phi) is 6.76. The predicted octanol–water partition coefficient (Wildman–Crippen LogP) is 1.19. The van der Waals surface area contributed by atoms with Crippen molar-refractivity contribution in [1.82, 2.24) is 9.88 Å². The Morgan fingerprint density at radius 3 is 2.80 bits per heavy atom. The van der Waals surface area contributed by atoms with Crippen LogP contribution in [-0.4, -0.2) is 34.7 Å². The SMILES string of the molecule is CN(C)Cc1nc(CSCCC(=C(N)N)[N+](=O)[O-])cs1. The maximum atomic E-state index is 10.7. The molecular formula is C11H19N5O2S2. The quantitative estimate of drug-likeness (QED) is 0.421. The summed E-state index contributed by atoms with van der Waals surface area (Å²) in [6, 6.07) is 0. The molecule has 9 heteroatoms. The molecule has 0 aliphatic rings. The summed E-state index contributed by atoms with van der Waals surface area (Å²) in [6.07, 6.45) is 0.259. The van der Waals surface area contributed by atoms with Crippen LogP contribution in [0.3, 0.4) is 0 Å². The highest BCUT2D eigenvalue weighted by atomic mass is 32.2. The molecule has 0 saturated carbocycles. The number of rotatable bonds is 8. The highest BCUT2D eigenvalue weighted by molar-refractivity contribution is 7.98. The monoisotopic (exact) mass is 317 g/mol. The first-order valence-corrected chi connectivity index (χ1v) is 7.97. The molecule has 0 atom stereocenters. The van der Waals surface area contributed by atoms with E-state index in [0.29, 0.717) is 5.75 Å². The number of hydrogen-bond acceptors (Lipinski definition) is 8. The molecule has 4 N–H and O–H groups in total. The lowest BCUT2D eigenvalue weighted by Crippen LogP contribution is -2.17. The van der Waals surface area contributed by atoms with Crippen LogP contribution in [0.25, 0.3) is 0 Å². The van der Waals surface area contributed by atoms with Gasteiger partial charge in [0.2, 0.25) is 0 Å². The Balaban J connectivity index is 2.36. The van der Waals surface area contributed by atoms with Crippen molar-refractivity contribution in [3.05, 3.63) is 37.7 Å². The standard InChI is InChI=1S/C11H19N5O2S2/c1-15(2)5-10-14-8(7-20-10)6-19-4-3-9(11(12)13)16(17)18/h7H,3-6,12-13H2,1-2H3. The molecule has 7 nitrogen and oxygen atoms in total. The minimum absolute atomic E-state index is 0.107. The zero-order valence-corrected chi connectivity index (χ0v) is 13.2. The van der Waals surface area contributed by atoms with Crippen molar-refractivity contribution >= 4 is 23.1 Å². The van der Waals surface area contributed by atoms with Gasteiger partial charge < -0.3 is 16.4 Å². The van der Waals surface area contributed by atoms with Crippen LogP contribution in [0.2, 0.25) is 0 Å². The lowest BCUT2D eigenvalue weighted by molar-refractivity contribution is -0.428. The van der Waals surface area contributed by atoms with E-state index in [1.54, 1.807) is 23.1 Å². The van der Waals surface area contributed by atoms with Crippen molar-refractivity contribution in [2.45, 2.75) is 18.7 Å². The summed E-state index contributed by atoms with van der Waals surface area (Å²) in [5.74, 6) is 1.12. The third kappa shape index (κ3) is 5.76. The number of hydrogen-bond donors (Lipinski definition) is 2. The van der Waals surface area contributed by atoms with E-state index in [0.717, 1.165) is 23.0 Å². The van der Waals surface area contributed by atoms with Gasteiger partial charge in [-0.25, -0.2) is 4.98 Å². The molecule has 1 aromatic rings. The molecule has 0 bridgehead atoms. The number of nitrogens with zero attached hydrogens (tertiary/aromatic N) is 3. The minimum atomic E-state index is -0.520. The highest BCUT2D eigenvalue weighted by Gasteiger charge is 2.14. The van der Waals surface area contributed by atoms with E-state index in [1.165, 1.54) is 0 Å². The van der Waals surface area contributed by atoms with Gasteiger partial charge in [0.05, 0.1) is 17.0 Å². The van der Waals surface area contributed by atoms with E-state index in [1.807, 2.05) is 19.5 Å². The second-order valence-corrected chi connectivity index (χ2v) is 6.48. The van der Waals surface area contributed by atoms with Crippen molar-refractivity contribution in [3.63, 3.8) is 0 Å². The van der Waals surface area contributed by atoms with Crippen LogP contribution >= 0.6 is 23.1 Å². The number of nitrogens with two attached hydrogens (primary N) is 2. The molecule has 0 unspecified atom stereocenters. The summed E-state index contributed by atoms with van der Waals surface area (Å²) in [5.41, 5.74) is 11.4. The summed E-state index contributed by atoms with van der Waals surface area (Å²) in [7, 11) is 4.00. The van der Waals surface area contributed by atoms with Gasteiger partial charge in [0.25, 0.3) is 5.70 Å². The summed E-state index contributed by atoms with van der Waals surface area (Å²) in [4.78, 5) is 16.7. The Labute approximate surface area is 126 Å². The van der Waals surface area contributed by atoms with Crippen LogP contribution in [0.1, 0.15) is 17.1 Å². The van der Waals surface area contributed by atoms with Crippen LogP contribution in [0.4, 0.5) is 0 Å². The third-order valence-corrected chi connectivity index (χ3v) is 4.21. The van der Waals surface area contributed by atoms with E-state index in [-0.39, 0.29) is 17.9 Å².